The van der Waals surface area contributed by atoms with E-state index < -0.39 is 0 Å². The molecule has 7 heteroatoms. The number of aliphatic imine (C=N–C) groups is 1. The molecule has 0 radical (unpaired) electrons. The van der Waals surface area contributed by atoms with Gasteiger partial charge in [0.1, 0.15) is 6.26 Å². The van der Waals surface area contributed by atoms with Crippen molar-refractivity contribution in [2.45, 2.75) is 19.9 Å². The van der Waals surface area contributed by atoms with Gasteiger partial charge in [0.25, 0.3) is 0 Å². The summed E-state index contributed by atoms with van der Waals surface area (Å²) in [6, 6.07) is 8.13. The zero-order valence-electron chi connectivity index (χ0n) is 16.8. The normalized spacial score (nSPS) is 11.8. The molecule has 0 aliphatic rings. The number of ether oxygens (including phenoxy) is 1. The predicted octanol–water partition coefficient (Wildman–Crippen LogP) is 2.28. The monoisotopic (exact) mass is 373 g/mol. The maximum atomic E-state index is 5.59. The Morgan fingerprint density at radius 3 is 2.70 bits per heavy atom. The smallest absolute Gasteiger partial charge is 0.226 e. The van der Waals surface area contributed by atoms with Crippen molar-refractivity contribution in [1.29, 1.82) is 0 Å². The second-order valence-corrected chi connectivity index (χ2v) is 6.51. The Kier molecular flexibility index (Phi) is 8.80. The van der Waals surface area contributed by atoms with Gasteiger partial charge in [-0.15, -0.1) is 0 Å². The molecule has 0 saturated heterocycles. The molecule has 0 fully saturated rings. The second kappa shape index (κ2) is 11.4. The number of likely N-dealkylation sites (N-methyl/N-ethyl adjacent to an activating group) is 1. The summed E-state index contributed by atoms with van der Waals surface area (Å²) in [4.78, 5) is 11.1. The molecule has 2 N–H and O–H groups in total. The van der Waals surface area contributed by atoms with Crippen molar-refractivity contribution in [2.75, 3.05) is 47.4 Å². The van der Waals surface area contributed by atoms with Crippen molar-refractivity contribution in [2.24, 2.45) is 4.99 Å². The predicted molar refractivity (Wildman–Crippen MR) is 109 cm³/mol. The number of methoxy groups -OCH3 is 1. The van der Waals surface area contributed by atoms with Gasteiger partial charge in [0.05, 0.1) is 12.2 Å². The van der Waals surface area contributed by atoms with Gasteiger partial charge in [-0.3, -0.25) is 4.99 Å². The van der Waals surface area contributed by atoms with Crippen LogP contribution in [0.4, 0.5) is 0 Å². The Bertz CT molecular complexity index is 697. The highest BCUT2D eigenvalue weighted by Gasteiger charge is 2.07. The third-order valence-corrected chi connectivity index (χ3v) is 4.19. The highest BCUT2D eigenvalue weighted by atomic mass is 16.5. The highest BCUT2D eigenvalue weighted by molar-refractivity contribution is 5.79. The average molecular weight is 374 g/mol. The SMILES string of the molecule is CN=C(NCCN(C)CCCOC)NCc1coc(-c2ccc(C)cc2)n1. The van der Waals surface area contributed by atoms with Crippen molar-refractivity contribution in [1.82, 2.24) is 20.5 Å². The minimum Gasteiger partial charge on any atom is -0.444 e. The molecule has 1 aromatic heterocycles. The Morgan fingerprint density at radius 2 is 2.00 bits per heavy atom. The van der Waals surface area contributed by atoms with Crippen LogP contribution in [0.1, 0.15) is 17.7 Å². The molecule has 0 spiro atoms. The molecule has 2 rings (SSSR count). The fourth-order valence-electron chi connectivity index (χ4n) is 2.57. The number of aryl methyl sites for hydroxylation is 1. The van der Waals surface area contributed by atoms with Gasteiger partial charge in [0, 0.05) is 46.0 Å². The minimum atomic E-state index is 0.554. The zero-order valence-corrected chi connectivity index (χ0v) is 16.8. The first-order chi connectivity index (χ1) is 13.1. The summed E-state index contributed by atoms with van der Waals surface area (Å²) in [6.45, 7) is 6.18. The number of hydrogen-bond acceptors (Lipinski definition) is 5. The van der Waals surface area contributed by atoms with Crippen LogP contribution in [0.15, 0.2) is 39.9 Å². The van der Waals surface area contributed by atoms with Gasteiger partial charge in [0.15, 0.2) is 5.96 Å². The summed E-state index contributed by atoms with van der Waals surface area (Å²) in [5.41, 5.74) is 3.03. The van der Waals surface area contributed by atoms with Gasteiger partial charge in [-0.05, 0) is 32.5 Å². The molecule has 0 saturated carbocycles. The van der Waals surface area contributed by atoms with Crippen molar-refractivity contribution >= 4 is 5.96 Å². The van der Waals surface area contributed by atoms with Crippen LogP contribution in [0, 0.1) is 6.92 Å². The lowest BCUT2D eigenvalue weighted by Gasteiger charge is -2.17. The van der Waals surface area contributed by atoms with Crippen molar-refractivity contribution in [3.05, 3.63) is 41.8 Å². The molecule has 0 unspecified atom stereocenters. The van der Waals surface area contributed by atoms with Crippen LogP contribution in [0.5, 0.6) is 0 Å². The quantitative estimate of drug-likeness (QED) is 0.378. The first-order valence-electron chi connectivity index (χ1n) is 9.26. The Hall–Kier alpha value is -2.38. The number of benzene rings is 1. The Labute approximate surface area is 161 Å². The second-order valence-electron chi connectivity index (χ2n) is 6.51. The minimum absolute atomic E-state index is 0.554. The summed E-state index contributed by atoms with van der Waals surface area (Å²) >= 11 is 0. The van der Waals surface area contributed by atoms with Gasteiger partial charge >= 0.3 is 0 Å². The van der Waals surface area contributed by atoms with Gasteiger partial charge in [-0.25, -0.2) is 4.98 Å². The first kappa shape index (κ1) is 20.9. The van der Waals surface area contributed by atoms with Crippen LogP contribution in [0.25, 0.3) is 11.5 Å². The molecular formula is C20H31N5O2. The van der Waals surface area contributed by atoms with E-state index >= 15 is 0 Å². The Balaban J connectivity index is 1.73. The molecule has 148 valence electrons. The van der Waals surface area contributed by atoms with Gasteiger partial charge in [-0.1, -0.05) is 17.7 Å². The van der Waals surface area contributed by atoms with Crippen LogP contribution in [0.3, 0.4) is 0 Å². The lowest BCUT2D eigenvalue weighted by Crippen LogP contribution is -2.40. The van der Waals surface area contributed by atoms with Crippen molar-refractivity contribution in [3.8, 4) is 11.5 Å². The molecule has 27 heavy (non-hydrogen) atoms. The van der Waals surface area contributed by atoms with E-state index in [1.165, 1.54) is 5.56 Å². The number of nitrogens with one attached hydrogen (secondary N) is 2. The maximum absolute atomic E-state index is 5.59. The lowest BCUT2D eigenvalue weighted by molar-refractivity contribution is 0.180. The van der Waals surface area contributed by atoms with Gasteiger partial charge < -0.3 is 24.7 Å². The van der Waals surface area contributed by atoms with E-state index in [-0.39, 0.29) is 0 Å². The third kappa shape index (κ3) is 7.40. The molecule has 0 atom stereocenters. The standard InChI is InChI=1S/C20H31N5O2/c1-16-6-8-17(9-7-16)19-24-18(15-27-19)14-23-20(21-2)22-10-12-25(3)11-5-13-26-4/h6-9,15H,5,10-14H2,1-4H3,(H2,21,22,23). The topological polar surface area (TPSA) is 74.9 Å². The van der Waals surface area contributed by atoms with Crippen molar-refractivity contribution < 1.29 is 9.15 Å². The molecule has 1 aromatic carbocycles. The fourth-order valence-corrected chi connectivity index (χ4v) is 2.57. The molecule has 0 aliphatic carbocycles. The number of hydrogen-bond donors (Lipinski definition) is 2. The number of aromatic nitrogens is 1. The van der Waals surface area contributed by atoms with E-state index in [2.05, 4.69) is 51.6 Å². The van der Waals surface area contributed by atoms with Crippen LogP contribution in [0.2, 0.25) is 0 Å². The van der Waals surface area contributed by atoms with E-state index in [1.54, 1.807) is 20.4 Å². The van der Waals surface area contributed by atoms with Crippen LogP contribution < -0.4 is 10.6 Å². The van der Waals surface area contributed by atoms with Crippen molar-refractivity contribution in [3.63, 3.8) is 0 Å². The van der Waals surface area contributed by atoms with Crippen LogP contribution in [-0.4, -0.2) is 63.3 Å². The summed E-state index contributed by atoms with van der Waals surface area (Å²) in [5, 5.41) is 6.58. The number of nitrogens with zero attached hydrogens (tertiary/aromatic N) is 3. The Morgan fingerprint density at radius 1 is 1.22 bits per heavy atom. The maximum Gasteiger partial charge on any atom is 0.226 e. The number of rotatable bonds is 10. The fraction of sp³-hybridized carbons (Fsp3) is 0.500. The summed E-state index contributed by atoms with van der Waals surface area (Å²) < 4.78 is 10.7. The van der Waals surface area contributed by atoms with Crippen LogP contribution in [-0.2, 0) is 11.3 Å². The molecule has 7 nitrogen and oxygen atoms in total. The number of guanidine groups is 1. The third-order valence-electron chi connectivity index (χ3n) is 4.19. The van der Waals surface area contributed by atoms with Gasteiger partial charge in [-0.2, -0.15) is 0 Å². The highest BCUT2D eigenvalue weighted by Crippen LogP contribution is 2.18. The first-order valence-corrected chi connectivity index (χ1v) is 9.26. The molecule has 2 aromatic rings. The molecular weight excluding hydrogens is 342 g/mol. The molecule has 0 amide bonds. The van der Waals surface area contributed by atoms with Crippen LogP contribution >= 0.6 is 0 Å². The number of oxazole rings is 1. The lowest BCUT2D eigenvalue weighted by atomic mass is 10.1. The molecule has 1 heterocycles. The summed E-state index contributed by atoms with van der Waals surface area (Å²) in [7, 11) is 5.60. The zero-order chi connectivity index (χ0) is 19.5. The van der Waals surface area contributed by atoms with E-state index in [9.17, 15) is 0 Å². The summed E-state index contributed by atoms with van der Waals surface area (Å²) in [6.07, 6.45) is 2.72. The average Bonchev–Trinajstić information content (AvgIpc) is 3.14. The molecule has 0 bridgehead atoms. The largest absolute Gasteiger partial charge is 0.444 e. The molecule has 0 aliphatic heterocycles. The van der Waals surface area contributed by atoms with E-state index in [0.717, 1.165) is 49.9 Å². The van der Waals surface area contributed by atoms with E-state index in [0.29, 0.717) is 12.4 Å². The van der Waals surface area contributed by atoms with Gasteiger partial charge in [0.2, 0.25) is 5.89 Å². The van der Waals surface area contributed by atoms with E-state index in [4.69, 9.17) is 9.15 Å². The van der Waals surface area contributed by atoms with E-state index in [1.807, 2.05) is 12.1 Å². The summed E-state index contributed by atoms with van der Waals surface area (Å²) in [5.74, 6) is 1.38.